The predicted octanol–water partition coefficient (Wildman–Crippen LogP) is 3.40. The molecule has 20 heavy (non-hydrogen) atoms. The summed E-state index contributed by atoms with van der Waals surface area (Å²) in [5.41, 5.74) is 2.42. The molecule has 0 aliphatic heterocycles. The van der Waals surface area contributed by atoms with Crippen molar-refractivity contribution in [2.24, 2.45) is 5.41 Å². The van der Waals surface area contributed by atoms with Crippen molar-refractivity contribution >= 4 is 10.9 Å². The van der Waals surface area contributed by atoms with Gasteiger partial charge in [-0.1, -0.05) is 38.1 Å². The Hall–Kier alpha value is -1.61. The largest absolute Gasteiger partial charge is 0.316 e. The quantitative estimate of drug-likeness (QED) is 0.782. The van der Waals surface area contributed by atoms with Crippen molar-refractivity contribution in [3.05, 3.63) is 42.6 Å². The Bertz CT molecular complexity index is 585. The Morgan fingerprint density at radius 2 is 2.10 bits per heavy atom. The van der Waals surface area contributed by atoms with Crippen LogP contribution in [0.15, 0.2) is 36.9 Å². The van der Waals surface area contributed by atoms with Crippen LogP contribution in [0.25, 0.3) is 10.9 Å². The molecule has 0 fully saturated rings. The van der Waals surface area contributed by atoms with Gasteiger partial charge >= 0.3 is 0 Å². The number of nitrogens with one attached hydrogen (secondary N) is 1. The van der Waals surface area contributed by atoms with Crippen LogP contribution in [0.5, 0.6) is 0 Å². The minimum Gasteiger partial charge on any atom is -0.316 e. The SMILES string of the molecule is C=CC(C)(CNCC)Cc1nn(CC)c2ccccc12. The third-order valence-electron chi connectivity index (χ3n) is 3.88. The molecule has 2 rings (SSSR count). The molecule has 1 atom stereocenters. The van der Waals surface area contributed by atoms with Gasteiger partial charge in [0.2, 0.25) is 0 Å². The van der Waals surface area contributed by atoms with Gasteiger partial charge in [0, 0.05) is 30.3 Å². The van der Waals surface area contributed by atoms with Gasteiger partial charge in [-0.3, -0.25) is 4.68 Å². The smallest absolute Gasteiger partial charge is 0.0712 e. The van der Waals surface area contributed by atoms with E-state index in [1.165, 1.54) is 16.6 Å². The van der Waals surface area contributed by atoms with Crippen LogP contribution in [0.4, 0.5) is 0 Å². The second-order valence-electron chi connectivity index (χ2n) is 5.59. The fourth-order valence-electron chi connectivity index (χ4n) is 2.57. The van der Waals surface area contributed by atoms with Crippen LogP contribution in [0.3, 0.4) is 0 Å². The van der Waals surface area contributed by atoms with Crippen molar-refractivity contribution in [3.63, 3.8) is 0 Å². The van der Waals surface area contributed by atoms with E-state index in [4.69, 9.17) is 5.10 Å². The number of aryl methyl sites for hydroxylation is 1. The van der Waals surface area contributed by atoms with E-state index >= 15 is 0 Å². The van der Waals surface area contributed by atoms with Crippen molar-refractivity contribution < 1.29 is 0 Å². The molecule has 1 N–H and O–H groups in total. The number of fused-ring (bicyclic) bond motifs is 1. The van der Waals surface area contributed by atoms with Crippen LogP contribution in [0.1, 0.15) is 26.5 Å². The minimum absolute atomic E-state index is 0.0334. The number of hydrogen-bond acceptors (Lipinski definition) is 2. The monoisotopic (exact) mass is 271 g/mol. The lowest BCUT2D eigenvalue weighted by atomic mass is 9.84. The molecular formula is C17H25N3. The first-order valence-corrected chi connectivity index (χ1v) is 7.42. The Balaban J connectivity index is 2.35. The van der Waals surface area contributed by atoms with Gasteiger partial charge in [-0.25, -0.2) is 0 Å². The van der Waals surface area contributed by atoms with Crippen molar-refractivity contribution in [2.75, 3.05) is 13.1 Å². The zero-order chi connectivity index (χ0) is 14.6. The summed E-state index contributed by atoms with van der Waals surface area (Å²) in [6.07, 6.45) is 2.96. The summed E-state index contributed by atoms with van der Waals surface area (Å²) >= 11 is 0. The summed E-state index contributed by atoms with van der Waals surface area (Å²) in [4.78, 5) is 0. The Morgan fingerprint density at radius 3 is 2.75 bits per heavy atom. The highest BCUT2D eigenvalue weighted by Crippen LogP contribution is 2.27. The molecule has 2 aromatic rings. The van der Waals surface area contributed by atoms with Gasteiger partial charge in [-0.15, -0.1) is 6.58 Å². The number of benzene rings is 1. The summed E-state index contributed by atoms with van der Waals surface area (Å²) in [6, 6.07) is 8.47. The highest BCUT2D eigenvalue weighted by atomic mass is 15.3. The highest BCUT2D eigenvalue weighted by molar-refractivity contribution is 5.82. The molecule has 0 saturated heterocycles. The van der Waals surface area contributed by atoms with Crippen molar-refractivity contribution in [1.82, 2.24) is 15.1 Å². The fraction of sp³-hybridized carbons (Fsp3) is 0.471. The summed E-state index contributed by atoms with van der Waals surface area (Å²) in [7, 11) is 0. The molecular weight excluding hydrogens is 246 g/mol. The zero-order valence-electron chi connectivity index (χ0n) is 12.8. The molecule has 1 aromatic carbocycles. The van der Waals surface area contributed by atoms with E-state index in [2.05, 4.69) is 67.7 Å². The van der Waals surface area contributed by atoms with Crippen LogP contribution < -0.4 is 5.32 Å². The van der Waals surface area contributed by atoms with Crippen LogP contribution in [0.2, 0.25) is 0 Å². The molecule has 1 unspecified atom stereocenters. The van der Waals surface area contributed by atoms with Gasteiger partial charge < -0.3 is 5.32 Å². The average Bonchev–Trinajstić information content (AvgIpc) is 2.83. The van der Waals surface area contributed by atoms with E-state index in [1.54, 1.807) is 0 Å². The standard InChI is InChI=1S/C17H25N3/c1-5-17(4,13-18-6-2)12-15-14-10-8-9-11-16(14)20(7-3)19-15/h5,8-11,18H,1,6-7,12-13H2,2-4H3. The topological polar surface area (TPSA) is 29.9 Å². The first-order valence-electron chi connectivity index (χ1n) is 7.42. The Labute approximate surface area is 121 Å². The van der Waals surface area contributed by atoms with Crippen LogP contribution >= 0.6 is 0 Å². The zero-order valence-corrected chi connectivity index (χ0v) is 12.8. The second-order valence-corrected chi connectivity index (χ2v) is 5.59. The van der Waals surface area contributed by atoms with Crippen molar-refractivity contribution in [2.45, 2.75) is 33.7 Å². The first kappa shape index (κ1) is 14.8. The molecule has 1 heterocycles. The van der Waals surface area contributed by atoms with Crippen molar-refractivity contribution in [1.29, 1.82) is 0 Å². The number of rotatable bonds is 7. The van der Waals surface area contributed by atoms with Crippen molar-refractivity contribution in [3.8, 4) is 0 Å². The number of aromatic nitrogens is 2. The molecule has 3 heteroatoms. The predicted molar refractivity (Wildman–Crippen MR) is 86.0 cm³/mol. The Morgan fingerprint density at radius 1 is 1.35 bits per heavy atom. The molecule has 0 spiro atoms. The molecule has 108 valence electrons. The van der Waals surface area contributed by atoms with Gasteiger partial charge in [-0.05, 0) is 19.5 Å². The van der Waals surface area contributed by atoms with E-state index in [1.807, 2.05) is 0 Å². The lowest BCUT2D eigenvalue weighted by Crippen LogP contribution is -2.32. The van der Waals surface area contributed by atoms with Gasteiger partial charge in [0.15, 0.2) is 0 Å². The summed E-state index contributed by atoms with van der Waals surface area (Å²) in [5.74, 6) is 0. The van der Waals surface area contributed by atoms with E-state index in [0.717, 1.165) is 26.1 Å². The number of nitrogens with zero attached hydrogens (tertiary/aromatic N) is 2. The minimum atomic E-state index is 0.0334. The molecule has 1 aromatic heterocycles. The fourth-order valence-corrected chi connectivity index (χ4v) is 2.57. The molecule has 0 radical (unpaired) electrons. The van der Waals surface area contributed by atoms with E-state index in [0.29, 0.717) is 0 Å². The molecule has 0 amide bonds. The van der Waals surface area contributed by atoms with Crippen LogP contribution in [-0.2, 0) is 13.0 Å². The second kappa shape index (κ2) is 6.23. The maximum absolute atomic E-state index is 4.79. The van der Waals surface area contributed by atoms with Gasteiger partial charge in [0.25, 0.3) is 0 Å². The molecule has 0 aliphatic carbocycles. The van der Waals surface area contributed by atoms with Crippen LogP contribution in [-0.4, -0.2) is 22.9 Å². The normalized spacial score (nSPS) is 14.3. The molecule has 3 nitrogen and oxygen atoms in total. The van der Waals surface area contributed by atoms with Gasteiger partial charge in [0.1, 0.15) is 0 Å². The average molecular weight is 271 g/mol. The van der Waals surface area contributed by atoms with E-state index in [-0.39, 0.29) is 5.41 Å². The number of hydrogen-bond donors (Lipinski definition) is 1. The third-order valence-corrected chi connectivity index (χ3v) is 3.88. The van der Waals surface area contributed by atoms with E-state index in [9.17, 15) is 0 Å². The lowest BCUT2D eigenvalue weighted by molar-refractivity contribution is 0.391. The lowest BCUT2D eigenvalue weighted by Gasteiger charge is -2.25. The van der Waals surface area contributed by atoms with Gasteiger partial charge in [0.05, 0.1) is 11.2 Å². The summed E-state index contributed by atoms with van der Waals surface area (Å²) < 4.78 is 2.08. The number of para-hydroxylation sites is 1. The first-order chi connectivity index (χ1) is 9.63. The summed E-state index contributed by atoms with van der Waals surface area (Å²) in [6.45, 7) is 13.3. The highest BCUT2D eigenvalue weighted by Gasteiger charge is 2.23. The molecule has 0 saturated carbocycles. The third kappa shape index (κ3) is 2.93. The van der Waals surface area contributed by atoms with Gasteiger partial charge in [-0.2, -0.15) is 5.10 Å². The Kier molecular flexibility index (Phi) is 4.61. The molecule has 0 bridgehead atoms. The maximum atomic E-state index is 4.79. The molecule has 0 aliphatic rings. The van der Waals surface area contributed by atoms with Crippen LogP contribution in [0, 0.1) is 5.41 Å². The summed E-state index contributed by atoms with van der Waals surface area (Å²) in [5, 5.41) is 9.48. The van der Waals surface area contributed by atoms with E-state index < -0.39 is 0 Å². The maximum Gasteiger partial charge on any atom is 0.0712 e.